The van der Waals surface area contributed by atoms with Crippen molar-refractivity contribution >= 4 is 27.5 Å². The molecule has 0 amide bonds. The first kappa shape index (κ1) is 12.3. The Balaban J connectivity index is 2.38. The van der Waals surface area contributed by atoms with Gasteiger partial charge in [-0.3, -0.25) is 4.57 Å². The SMILES string of the molecule is Cc1cnc(=O)n(Cc2ccc(Br)cc2Cl)c1. The maximum atomic E-state index is 11.6. The van der Waals surface area contributed by atoms with E-state index in [0.717, 1.165) is 15.6 Å². The summed E-state index contributed by atoms with van der Waals surface area (Å²) in [6.45, 7) is 2.33. The van der Waals surface area contributed by atoms with E-state index in [2.05, 4.69) is 20.9 Å². The van der Waals surface area contributed by atoms with Crippen LogP contribution >= 0.6 is 27.5 Å². The molecule has 1 aromatic carbocycles. The Kier molecular flexibility index (Phi) is 3.64. The van der Waals surface area contributed by atoms with E-state index in [1.807, 2.05) is 25.1 Å². The van der Waals surface area contributed by atoms with Gasteiger partial charge < -0.3 is 0 Å². The Hall–Kier alpha value is -1.13. The molecule has 2 rings (SSSR count). The van der Waals surface area contributed by atoms with Crippen molar-refractivity contribution in [2.75, 3.05) is 0 Å². The van der Waals surface area contributed by atoms with Gasteiger partial charge in [-0.1, -0.05) is 33.6 Å². The number of hydrogen-bond donors (Lipinski definition) is 0. The highest BCUT2D eigenvalue weighted by Crippen LogP contribution is 2.21. The normalized spacial score (nSPS) is 10.5. The third-order valence-corrected chi connectivity index (χ3v) is 3.18. The Morgan fingerprint density at radius 2 is 2.24 bits per heavy atom. The van der Waals surface area contributed by atoms with Crippen molar-refractivity contribution in [2.45, 2.75) is 13.5 Å². The van der Waals surface area contributed by atoms with Gasteiger partial charge in [0.05, 0.1) is 6.54 Å². The van der Waals surface area contributed by atoms with Gasteiger partial charge in [-0.05, 0) is 30.2 Å². The van der Waals surface area contributed by atoms with Gasteiger partial charge in [-0.15, -0.1) is 0 Å². The van der Waals surface area contributed by atoms with Crippen molar-refractivity contribution in [3.63, 3.8) is 0 Å². The molecule has 88 valence electrons. The van der Waals surface area contributed by atoms with Crippen LogP contribution in [0.25, 0.3) is 0 Å². The van der Waals surface area contributed by atoms with Crippen LogP contribution in [0.3, 0.4) is 0 Å². The quantitative estimate of drug-likeness (QED) is 0.854. The summed E-state index contributed by atoms with van der Waals surface area (Å²) in [4.78, 5) is 15.3. The van der Waals surface area contributed by atoms with Gasteiger partial charge in [-0.25, -0.2) is 9.78 Å². The van der Waals surface area contributed by atoms with E-state index in [1.54, 1.807) is 17.0 Å². The van der Waals surface area contributed by atoms with Crippen LogP contribution in [0.2, 0.25) is 5.02 Å². The van der Waals surface area contributed by atoms with Crippen molar-refractivity contribution in [3.8, 4) is 0 Å². The first-order chi connectivity index (χ1) is 8.06. The summed E-state index contributed by atoms with van der Waals surface area (Å²) in [6.07, 6.45) is 3.33. The summed E-state index contributed by atoms with van der Waals surface area (Å²) in [7, 11) is 0. The van der Waals surface area contributed by atoms with Crippen molar-refractivity contribution in [3.05, 3.63) is 61.7 Å². The Labute approximate surface area is 112 Å². The lowest BCUT2D eigenvalue weighted by molar-refractivity contribution is 0.721. The van der Waals surface area contributed by atoms with Crippen molar-refractivity contribution in [2.24, 2.45) is 0 Å². The number of hydrogen-bond acceptors (Lipinski definition) is 2. The lowest BCUT2D eigenvalue weighted by atomic mass is 10.2. The van der Waals surface area contributed by atoms with Crippen LogP contribution in [-0.2, 0) is 6.54 Å². The molecule has 0 bridgehead atoms. The molecule has 17 heavy (non-hydrogen) atoms. The average Bonchev–Trinajstić information content (AvgIpc) is 2.27. The van der Waals surface area contributed by atoms with Gasteiger partial charge in [0, 0.05) is 21.9 Å². The fourth-order valence-electron chi connectivity index (χ4n) is 1.51. The topological polar surface area (TPSA) is 34.9 Å². The zero-order valence-corrected chi connectivity index (χ0v) is 11.5. The van der Waals surface area contributed by atoms with Crippen LogP contribution in [0.15, 0.2) is 39.9 Å². The predicted molar refractivity (Wildman–Crippen MR) is 71.5 cm³/mol. The van der Waals surface area contributed by atoms with E-state index in [-0.39, 0.29) is 5.69 Å². The van der Waals surface area contributed by atoms with Gasteiger partial charge in [-0.2, -0.15) is 0 Å². The van der Waals surface area contributed by atoms with Crippen molar-refractivity contribution in [1.29, 1.82) is 0 Å². The molecule has 0 aliphatic rings. The van der Waals surface area contributed by atoms with Crippen molar-refractivity contribution < 1.29 is 0 Å². The van der Waals surface area contributed by atoms with Gasteiger partial charge in [0.2, 0.25) is 0 Å². The largest absolute Gasteiger partial charge is 0.347 e. The second-order valence-electron chi connectivity index (χ2n) is 3.78. The van der Waals surface area contributed by atoms with E-state index in [0.29, 0.717) is 11.6 Å². The van der Waals surface area contributed by atoms with E-state index < -0.39 is 0 Å². The number of halogens is 2. The Morgan fingerprint density at radius 3 is 2.94 bits per heavy atom. The van der Waals surface area contributed by atoms with Crippen LogP contribution in [0, 0.1) is 6.92 Å². The van der Waals surface area contributed by atoms with Crippen LogP contribution in [-0.4, -0.2) is 9.55 Å². The smallest absolute Gasteiger partial charge is 0.294 e. The van der Waals surface area contributed by atoms with Crippen molar-refractivity contribution in [1.82, 2.24) is 9.55 Å². The highest BCUT2D eigenvalue weighted by atomic mass is 79.9. The summed E-state index contributed by atoms with van der Waals surface area (Å²) < 4.78 is 2.46. The van der Waals surface area contributed by atoms with E-state index >= 15 is 0 Å². The number of aromatic nitrogens is 2. The molecule has 5 heteroatoms. The first-order valence-electron chi connectivity index (χ1n) is 5.03. The molecule has 0 radical (unpaired) electrons. The molecule has 0 spiro atoms. The fraction of sp³-hybridized carbons (Fsp3) is 0.167. The summed E-state index contributed by atoms with van der Waals surface area (Å²) in [5, 5.41) is 0.632. The zero-order chi connectivity index (χ0) is 12.4. The van der Waals surface area contributed by atoms with Crippen LogP contribution in [0.1, 0.15) is 11.1 Å². The minimum atomic E-state index is -0.269. The molecule has 0 aliphatic carbocycles. The lowest BCUT2D eigenvalue weighted by Gasteiger charge is -2.07. The van der Waals surface area contributed by atoms with E-state index in [1.165, 1.54) is 0 Å². The molecule has 0 saturated heterocycles. The lowest BCUT2D eigenvalue weighted by Crippen LogP contribution is -2.22. The molecular weight excluding hydrogens is 304 g/mol. The summed E-state index contributed by atoms with van der Waals surface area (Å²) in [5.41, 5.74) is 1.57. The van der Waals surface area contributed by atoms with Gasteiger partial charge in [0.25, 0.3) is 0 Å². The summed E-state index contributed by atoms with van der Waals surface area (Å²) in [5.74, 6) is 0. The molecule has 0 N–H and O–H groups in total. The third-order valence-electron chi connectivity index (χ3n) is 2.34. The summed E-state index contributed by atoms with van der Waals surface area (Å²) in [6, 6.07) is 5.60. The molecule has 1 heterocycles. The average molecular weight is 314 g/mol. The molecule has 3 nitrogen and oxygen atoms in total. The third kappa shape index (κ3) is 2.96. The molecular formula is C12H10BrClN2O. The van der Waals surface area contributed by atoms with Crippen LogP contribution in [0.4, 0.5) is 0 Å². The zero-order valence-electron chi connectivity index (χ0n) is 9.15. The number of rotatable bonds is 2. The fourth-order valence-corrected chi connectivity index (χ4v) is 2.25. The molecule has 0 unspecified atom stereocenters. The highest BCUT2D eigenvalue weighted by Gasteiger charge is 2.04. The van der Waals surface area contributed by atoms with Gasteiger partial charge in [0.15, 0.2) is 0 Å². The van der Waals surface area contributed by atoms with E-state index in [9.17, 15) is 4.79 Å². The monoisotopic (exact) mass is 312 g/mol. The molecule has 0 fully saturated rings. The van der Waals surface area contributed by atoms with Crippen LogP contribution in [0.5, 0.6) is 0 Å². The second kappa shape index (κ2) is 5.02. The minimum Gasteiger partial charge on any atom is -0.294 e. The first-order valence-corrected chi connectivity index (χ1v) is 6.20. The van der Waals surface area contributed by atoms with Gasteiger partial charge >= 0.3 is 5.69 Å². The number of nitrogens with zero attached hydrogens (tertiary/aromatic N) is 2. The Morgan fingerprint density at radius 1 is 1.47 bits per heavy atom. The van der Waals surface area contributed by atoms with Crippen LogP contribution < -0.4 is 5.69 Å². The maximum Gasteiger partial charge on any atom is 0.347 e. The Bertz CT molecular complexity index is 610. The molecule has 2 aromatic rings. The van der Waals surface area contributed by atoms with Gasteiger partial charge in [0.1, 0.15) is 0 Å². The molecule has 0 atom stereocenters. The summed E-state index contributed by atoms with van der Waals surface area (Å²) >= 11 is 9.45. The molecule has 1 aromatic heterocycles. The number of aryl methyl sites for hydroxylation is 1. The second-order valence-corrected chi connectivity index (χ2v) is 5.10. The predicted octanol–water partition coefficient (Wildman–Crippen LogP) is 3.02. The highest BCUT2D eigenvalue weighted by molar-refractivity contribution is 9.10. The van der Waals surface area contributed by atoms with E-state index in [4.69, 9.17) is 11.6 Å². The minimum absolute atomic E-state index is 0.269. The molecule has 0 saturated carbocycles. The standard InChI is InChI=1S/C12H10BrClN2O/c1-8-5-15-12(17)16(6-8)7-9-2-3-10(13)4-11(9)14/h2-6H,7H2,1H3. The number of benzene rings is 1. The maximum absolute atomic E-state index is 11.6. The molecule has 0 aliphatic heterocycles.